The lowest BCUT2D eigenvalue weighted by molar-refractivity contribution is 0.0620. The summed E-state index contributed by atoms with van der Waals surface area (Å²) in [6, 6.07) is 11.3. The fourth-order valence-electron chi connectivity index (χ4n) is 3.18. The Kier molecular flexibility index (Phi) is 6.71. The Morgan fingerprint density at radius 2 is 1.75 bits per heavy atom. The van der Waals surface area contributed by atoms with E-state index >= 15 is 0 Å². The van der Waals surface area contributed by atoms with E-state index < -0.39 is 0 Å². The molecular weight excluding hydrogens is 363 g/mol. The van der Waals surface area contributed by atoms with Gasteiger partial charge in [0.15, 0.2) is 11.5 Å². The number of methoxy groups -OCH3 is 2. The van der Waals surface area contributed by atoms with Crippen LogP contribution in [0.4, 0.5) is 4.39 Å². The first-order valence-electron chi connectivity index (χ1n) is 9.22. The molecule has 0 spiro atoms. The Bertz CT molecular complexity index is 807. The van der Waals surface area contributed by atoms with Crippen molar-refractivity contribution in [3.63, 3.8) is 0 Å². The third-order valence-corrected chi connectivity index (χ3v) is 4.76. The average molecular weight is 388 g/mol. The molecule has 6 nitrogen and oxygen atoms in total. The molecule has 3 rings (SSSR count). The number of piperazine rings is 1. The lowest BCUT2D eigenvalue weighted by Crippen LogP contribution is -2.49. The van der Waals surface area contributed by atoms with Crippen molar-refractivity contribution in [2.75, 3.05) is 53.6 Å². The maximum atomic E-state index is 13.2. The molecule has 0 saturated carbocycles. The Morgan fingerprint density at radius 1 is 1.00 bits per heavy atom. The van der Waals surface area contributed by atoms with Crippen molar-refractivity contribution >= 4 is 5.91 Å². The minimum Gasteiger partial charge on any atom is -0.493 e. The van der Waals surface area contributed by atoms with Crippen LogP contribution >= 0.6 is 0 Å². The van der Waals surface area contributed by atoms with Gasteiger partial charge >= 0.3 is 0 Å². The SMILES string of the molecule is COc1ccc(C(=O)N2CCN(CCOc3cccc(F)c3)CC2)cc1OC. The van der Waals surface area contributed by atoms with Crippen molar-refractivity contribution in [2.24, 2.45) is 0 Å². The van der Waals surface area contributed by atoms with Crippen LogP contribution in [-0.4, -0.2) is 69.3 Å². The quantitative estimate of drug-likeness (QED) is 0.730. The molecule has 1 fully saturated rings. The molecule has 0 aromatic heterocycles. The first-order valence-corrected chi connectivity index (χ1v) is 9.22. The maximum absolute atomic E-state index is 13.2. The van der Waals surface area contributed by atoms with Gasteiger partial charge in [0.05, 0.1) is 14.2 Å². The summed E-state index contributed by atoms with van der Waals surface area (Å²) >= 11 is 0. The number of nitrogens with zero attached hydrogens (tertiary/aromatic N) is 2. The molecule has 150 valence electrons. The number of ether oxygens (including phenoxy) is 3. The van der Waals surface area contributed by atoms with Gasteiger partial charge in [-0.25, -0.2) is 4.39 Å². The number of benzene rings is 2. The van der Waals surface area contributed by atoms with Crippen molar-refractivity contribution in [3.05, 3.63) is 53.8 Å². The molecule has 0 radical (unpaired) electrons. The van der Waals surface area contributed by atoms with E-state index in [1.807, 2.05) is 4.90 Å². The highest BCUT2D eigenvalue weighted by atomic mass is 19.1. The van der Waals surface area contributed by atoms with Gasteiger partial charge in [0, 0.05) is 44.4 Å². The van der Waals surface area contributed by atoms with E-state index in [4.69, 9.17) is 14.2 Å². The number of carbonyl (C=O) groups excluding carboxylic acids is 1. The van der Waals surface area contributed by atoms with E-state index in [2.05, 4.69) is 4.90 Å². The third kappa shape index (κ3) is 4.92. The van der Waals surface area contributed by atoms with E-state index in [1.165, 1.54) is 12.1 Å². The predicted molar refractivity (Wildman–Crippen MR) is 104 cm³/mol. The second-order valence-corrected chi connectivity index (χ2v) is 6.51. The van der Waals surface area contributed by atoms with Crippen LogP contribution in [0.2, 0.25) is 0 Å². The number of halogens is 1. The molecule has 28 heavy (non-hydrogen) atoms. The fraction of sp³-hybridized carbons (Fsp3) is 0.381. The van der Waals surface area contributed by atoms with Crippen LogP contribution in [0.15, 0.2) is 42.5 Å². The van der Waals surface area contributed by atoms with E-state index in [-0.39, 0.29) is 11.7 Å². The van der Waals surface area contributed by atoms with Gasteiger partial charge in [0.2, 0.25) is 0 Å². The summed E-state index contributed by atoms with van der Waals surface area (Å²) in [5.41, 5.74) is 0.584. The Morgan fingerprint density at radius 3 is 2.43 bits per heavy atom. The molecule has 2 aromatic rings. The third-order valence-electron chi connectivity index (χ3n) is 4.76. The van der Waals surface area contributed by atoms with Crippen LogP contribution in [0.5, 0.6) is 17.2 Å². The van der Waals surface area contributed by atoms with Crippen molar-refractivity contribution in [1.82, 2.24) is 9.80 Å². The standard InChI is InChI=1S/C21H25FN2O4/c1-26-19-7-6-16(14-20(19)27-2)21(25)24-10-8-23(9-11-24)12-13-28-18-5-3-4-17(22)15-18/h3-7,14-15H,8-13H2,1-2H3. The number of hydrogen-bond acceptors (Lipinski definition) is 5. The highest BCUT2D eigenvalue weighted by molar-refractivity contribution is 5.95. The van der Waals surface area contributed by atoms with Gasteiger partial charge < -0.3 is 19.1 Å². The number of amides is 1. The summed E-state index contributed by atoms with van der Waals surface area (Å²) in [5.74, 6) is 1.35. The molecule has 1 aliphatic rings. The van der Waals surface area contributed by atoms with Crippen LogP contribution in [0, 0.1) is 5.82 Å². The molecular formula is C21H25FN2O4. The summed E-state index contributed by atoms with van der Waals surface area (Å²) in [5, 5.41) is 0. The van der Waals surface area contributed by atoms with Crippen LogP contribution in [0.25, 0.3) is 0 Å². The summed E-state index contributed by atoms with van der Waals surface area (Å²) < 4.78 is 29.2. The van der Waals surface area contributed by atoms with Gasteiger partial charge in [-0.2, -0.15) is 0 Å². The van der Waals surface area contributed by atoms with Crippen molar-refractivity contribution in [2.45, 2.75) is 0 Å². The zero-order valence-corrected chi connectivity index (χ0v) is 16.2. The lowest BCUT2D eigenvalue weighted by atomic mass is 10.1. The van der Waals surface area contributed by atoms with Gasteiger partial charge in [0.25, 0.3) is 5.91 Å². The van der Waals surface area contributed by atoms with E-state index in [9.17, 15) is 9.18 Å². The average Bonchev–Trinajstić information content (AvgIpc) is 2.73. The lowest BCUT2D eigenvalue weighted by Gasteiger charge is -2.34. The topological polar surface area (TPSA) is 51.2 Å². The summed E-state index contributed by atoms with van der Waals surface area (Å²) in [6.45, 7) is 4.04. The number of hydrogen-bond donors (Lipinski definition) is 0. The molecule has 2 aromatic carbocycles. The highest BCUT2D eigenvalue weighted by Crippen LogP contribution is 2.28. The van der Waals surface area contributed by atoms with E-state index in [0.29, 0.717) is 42.5 Å². The van der Waals surface area contributed by atoms with Crippen LogP contribution in [-0.2, 0) is 0 Å². The maximum Gasteiger partial charge on any atom is 0.254 e. The fourth-order valence-corrected chi connectivity index (χ4v) is 3.18. The molecule has 0 unspecified atom stereocenters. The summed E-state index contributed by atoms with van der Waals surface area (Å²) in [4.78, 5) is 16.8. The van der Waals surface area contributed by atoms with Crippen LogP contribution in [0.1, 0.15) is 10.4 Å². The van der Waals surface area contributed by atoms with Gasteiger partial charge in [0.1, 0.15) is 18.2 Å². The Labute approximate surface area is 164 Å². The molecule has 0 aliphatic carbocycles. The summed E-state index contributed by atoms with van der Waals surface area (Å²) in [7, 11) is 3.12. The molecule has 0 atom stereocenters. The normalized spacial score (nSPS) is 14.6. The highest BCUT2D eigenvalue weighted by Gasteiger charge is 2.23. The van der Waals surface area contributed by atoms with Crippen LogP contribution in [0.3, 0.4) is 0 Å². The van der Waals surface area contributed by atoms with Crippen molar-refractivity contribution in [3.8, 4) is 17.2 Å². The second-order valence-electron chi connectivity index (χ2n) is 6.51. The van der Waals surface area contributed by atoms with E-state index in [0.717, 1.165) is 19.6 Å². The van der Waals surface area contributed by atoms with Gasteiger partial charge in [-0.3, -0.25) is 9.69 Å². The minimum atomic E-state index is -0.306. The Hall–Kier alpha value is -2.80. The zero-order valence-electron chi connectivity index (χ0n) is 16.2. The first kappa shape index (κ1) is 19.9. The van der Waals surface area contributed by atoms with Gasteiger partial charge in [-0.1, -0.05) is 6.07 Å². The molecule has 7 heteroatoms. The smallest absolute Gasteiger partial charge is 0.254 e. The molecule has 1 aliphatic heterocycles. The molecule has 0 N–H and O–H groups in total. The molecule has 0 bridgehead atoms. The zero-order chi connectivity index (χ0) is 19.9. The number of rotatable bonds is 7. The minimum absolute atomic E-state index is 0.0170. The molecule has 1 heterocycles. The monoisotopic (exact) mass is 388 g/mol. The Balaban J connectivity index is 1.47. The predicted octanol–water partition coefficient (Wildman–Crippen LogP) is 2.68. The second kappa shape index (κ2) is 9.41. The van der Waals surface area contributed by atoms with Crippen molar-refractivity contribution < 1.29 is 23.4 Å². The largest absolute Gasteiger partial charge is 0.493 e. The van der Waals surface area contributed by atoms with Crippen LogP contribution < -0.4 is 14.2 Å². The molecule has 1 saturated heterocycles. The van der Waals surface area contributed by atoms with Crippen molar-refractivity contribution in [1.29, 1.82) is 0 Å². The van der Waals surface area contributed by atoms with Gasteiger partial charge in [-0.15, -0.1) is 0 Å². The first-order chi connectivity index (χ1) is 13.6. The summed E-state index contributed by atoms with van der Waals surface area (Å²) in [6.07, 6.45) is 0. The number of carbonyl (C=O) groups is 1. The van der Waals surface area contributed by atoms with Gasteiger partial charge in [-0.05, 0) is 30.3 Å². The molecule has 1 amide bonds. The van der Waals surface area contributed by atoms with E-state index in [1.54, 1.807) is 44.6 Å².